The van der Waals surface area contributed by atoms with Crippen LogP contribution in [-0.2, 0) is 4.74 Å². The number of nitrogen functional groups attached to an aromatic ring is 1. The largest absolute Gasteiger partial charge is 0.487 e. The molecule has 0 aromatic heterocycles. The van der Waals surface area contributed by atoms with Gasteiger partial charge in [0.1, 0.15) is 12.4 Å². The minimum atomic E-state index is -0.404. The van der Waals surface area contributed by atoms with Gasteiger partial charge in [-0.1, -0.05) is 28.9 Å². The molecule has 0 saturated heterocycles. The third kappa shape index (κ3) is 9.13. The first-order valence-corrected chi connectivity index (χ1v) is 9.38. The van der Waals surface area contributed by atoms with Crippen molar-refractivity contribution < 1.29 is 14.3 Å². The number of ether oxygens (including phenoxy) is 2. The summed E-state index contributed by atoms with van der Waals surface area (Å²) < 4.78 is 10.4. The second kappa shape index (κ2) is 12.0. The van der Waals surface area contributed by atoms with Crippen molar-refractivity contribution in [2.45, 2.75) is 53.4 Å². The second-order valence-corrected chi connectivity index (χ2v) is 7.01. The number of hydrogen-bond donors (Lipinski definition) is 1. The van der Waals surface area contributed by atoms with Gasteiger partial charge in [-0.05, 0) is 77.7 Å². The second-order valence-electron chi connectivity index (χ2n) is 7.01. The summed E-state index contributed by atoms with van der Waals surface area (Å²) in [7, 11) is 1.35. The molecule has 0 atom stereocenters. The maximum Gasteiger partial charge on any atom is 0.337 e. The van der Waals surface area contributed by atoms with Crippen molar-refractivity contribution in [3.05, 3.63) is 58.7 Å². The smallest absolute Gasteiger partial charge is 0.337 e. The maximum absolute atomic E-state index is 11.6. The van der Waals surface area contributed by atoms with E-state index in [1.165, 1.54) is 23.8 Å². The molecule has 0 fully saturated rings. The number of nitrogens with two attached hydrogens (primary N) is 1. The monoisotopic (exact) mass is 371 g/mol. The molecule has 0 aliphatic rings. The van der Waals surface area contributed by atoms with Crippen molar-refractivity contribution in [2.24, 2.45) is 0 Å². The minimum Gasteiger partial charge on any atom is -0.487 e. The van der Waals surface area contributed by atoms with Crippen molar-refractivity contribution >= 4 is 11.7 Å². The predicted octanol–water partition coefficient (Wildman–Crippen LogP) is 5.85. The van der Waals surface area contributed by atoms with Crippen LogP contribution in [0.2, 0.25) is 0 Å². The Kier molecular flexibility index (Phi) is 10.0. The Balaban J connectivity index is 2.47. The van der Waals surface area contributed by atoms with Crippen molar-refractivity contribution in [1.29, 1.82) is 0 Å². The Morgan fingerprint density at radius 3 is 2.26 bits per heavy atom. The number of rotatable bonds is 10. The average Bonchev–Trinajstić information content (AvgIpc) is 2.62. The fourth-order valence-electron chi connectivity index (χ4n) is 2.52. The molecule has 1 aromatic carbocycles. The molecule has 1 aromatic rings. The molecule has 148 valence electrons. The number of benzene rings is 1. The van der Waals surface area contributed by atoms with Crippen LogP contribution in [0, 0.1) is 0 Å². The molecule has 0 amide bonds. The number of carbonyl (C=O) groups is 1. The lowest BCUT2D eigenvalue weighted by molar-refractivity contribution is 0.0600. The molecule has 1 rings (SSSR count). The van der Waals surface area contributed by atoms with E-state index in [-0.39, 0.29) is 0 Å². The SMILES string of the molecule is COC(=O)c1ccc(N)c(OC/C=C(\C)CC/C=C(\C)CCC=C(C)C)c1. The highest BCUT2D eigenvalue weighted by Crippen LogP contribution is 2.23. The van der Waals surface area contributed by atoms with Crippen molar-refractivity contribution in [1.82, 2.24) is 0 Å². The zero-order valence-corrected chi connectivity index (χ0v) is 17.3. The van der Waals surface area contributed by atoms with E-state index < -0.39 is 5.97 Å². The fraction of sp³-hybridized carbons (Fsp3) is 0.435. The van der Waals surface area contributed by atoms with Crippen LogP contribution in [0.5, 0.6) is 5.75 Å². The standard InChI is InChI=1S/C23H33NO3/c1-17(2)8-6-9-18(3)10-7-11-19(4)14-15-27-22-16-20(23(25)26-5)12-13-21(22)24/h8,10,12-14,16H,6-7,9,11,15,24H2,1-5H3/b18-10+,19-14+. The lowest BCUT2D eigenvalue weighted by Gasteiger charge is -2.09. The van der Waals surface area contributed by atoms with Gasteiger partial charge in [-0.15, -0.1) is 0 Å². The van der Waals surface area contributed by atoms with E-state index in [9.17, 15) is 4.79 Å². The van der Waals surface area contributed by atoms with E-state index in [1.807, 2.05) is 0 Å². The van der Waals surface area contributed by atoms with Gasteiger partial charge >= 0.3 is 5.97 Å². The van der Waals surface area contributed by atoms with Gasteiger partial charge in [-0.25, -0.2) is 4.79 Å². The topological polar surface area (TPSA) is 61.5 Å². The van der Waals surface area contributed by atoms with Crippen LogP contribution in [0.3, 0.4) is 0 Å². The summed E-state index contributed by atoms with van der Waals surface area (Å²) in [5.74, 6) is 0.0929. The first-order chi connectivity index (χ1) is 12.8. The molecule has 0 spiro atoms. The van der Waals surface area contributed by atoms with Crippen molar-refractivity contribution in [3.63, 3.8) is 0 Å². The summed E-state index contributed by atoms with van der Waals surface area (Å²) in [6.45, 7) is 8.98. The van der Waals surface area contributed by atoms with Crippen LogP contribution in [0.15, 0.2) is 53.1 Å². The molecule has 2 N–H and O–H groups in total. The summed E-state index contributed by atoms with van der Waals surface area (Å²) in [4.78, 5) is 11.6. The highest BCUT2D eigenvalue weighted by molar-refractivity contribution is 5.90. The van der Waals surface area contributed by atoms with Crippen LogP contribution in [-0.4, -0.2) is 19.7 Å². The Hall–Kier alpha value is -2.49. The molecule has 4 nitrogen and oxygen atoms in total. The third-order valence-electron chi connectivity index (χ3n) is 4.23. The molecule has 0 radical (unpaired) electrons. The highest BCUT2D eigenvalue weighted by atomic mass is 16.5. The third-order valence-corrected chi connectivity index (χ3v) is 4.23. The zero-order chi connectivity index (χ0) is 20.2. The molecule has 0 heterocycles. The fourth-order valence-corrected chi connectivity index (χ4v) is 2.52. The number of esters is 1. The van der Waals surface area contributed by atoms with E-state index in [1.54, 1.807) is 18.2 Å². The molecule has 0 aliphatic heterocycles. The summed E-state index contributed by atoms with van der Waals surface area (Å²) in [6, 6.07) is 4.89. The quantitative estimate of drug-likeness (QED) is 0.318. The lowest BCUT2D eigenvalue weighted by atomic mass is 10.1. The van der Waals surface area contributed by atoms with Crippen LogP contribution >= 0.6 is 0 Å². The lowest BCUT2D eigenvalue weighted by Crippen LogP contribution is -2.04. The molecule has 4 heteroatoms. The van der Waals surface area contributed by atoms with Gasteiger partial charge in [0.15, 0.2) is 0 Å². The van der Waals surface area contributed by atoms with Gasteiger partial charge < -0.3 is 15.2 Å². The number of allylic oxidation sites excluding steroid dienone is 5. The summed E-state index contributed by atoms with van der Waals surface area (Å²) >= 11 is 0. The highest BCUT2D eigenvalue weighted by Gasteiger charge is 2.09. The number of anilines is 1. The number of methoxy groups -OCH3 is 1. The number of hydrogen-bond acceptors (Lipinski definition) is 4. The number of carbonyl (C=O) groups excluding carboxylic acids is 1. The Morgan fingerprint density at radius 1 is 1.00 bits per heavy atom. The van der Waals surface area contributed by atoms with Crippen LogP contribution in [0.4, 0.5) is 5.69 Å². The van der Waals surface area contributed by atoms with Crippen molar-refractivity contribution in [2.75, 3.05) is 19.5 Å². The summed E-state index contributed by atoms with van der Waals surface area (Å²) in [5, 5.41) is 0. The Bertz CT molecular complexity index is 710. The molecule has 0 saturated carbocycles. The van der Waals surface area contributed by atoms with Gasteiger partial charge in [0.05, 0.1) is 18.4 Å². The summed E-state index contributed by atoms with van der Waals surface area (Å²) in [5.41, 5.74) is 10.9. The molecular formula is C23H33NO3. The van der Waals surface area contributed by atoms with Gasteiger partial charge in [0, 0.05) is 0 Å². The van der Waals surface area contributed by atoms with Crippen molar-refractivity contribution in [3.8, 4) is 5.75 Å². The first-order valence-electron chi connectivity index (χ1n) is 9.38. The molecule has 0 aliphatic carbocycles. The molecule has 27 heavy (non-hydrogen) atoms. The van der Waals surface area contributed by atoms with E-state index in [2.05, 4.69) is 45.9 Å². The van der Waals surface area contributed by atoms with E-state index >= 15 is 0 Å². The molecular weight excluding hydrogens is 338 g/mol. The van der Waals surface area contributed by atoms with E-state index in [0.29, 0.717) is 23.6 Å². The van der Waals surface area contributed by atoms with Crippen LogP contribution in [0.25, 0.3) is 0 Å². The van der Waals surface area contributed by atoms with Crippen LogP contribution in [0.1, 0.15) is 63.7 Å². The van der Waals surface area contributed by atoms with Gasteiger partial charge in [-0.3, -0.25) is 0 Å². The molecule has 0 unspecified atom stereocenters. The Morgan fingerprint density at radius 2 is 1.63 bits per heavy atom. The predicted molar refractivity (Wildman–Crippen MR) is 113 cm³/mol. The Labute approximate surface area is 163 Å². The average molecular weight is 372 g/mol. The van der Waals surface area contributed by atoms with E-state index in [0.717, 1.165) is 25.7 Å². The molecule has 0 bridgehead atoms. The summed E-state index contributed by atoms with van der Waals surface area (Å²) in [6.07, 6.45) is 10.9. The minimum absolute atomic E-state index is 0.404. The zero-order valence-electron chi connectivity index (χ0n) is 17.3. The normalized spacial score (nSPS) is 11.9. The maximum atomic E-state index is 11.6. The first kappa shape index (κ1) is 22.6. The van der Waals surface area contributed by atoms with Gasteiger partial charge in [0.2, 0.25) is 0 Å². The van der Waals surface area contributed by atoms with E-state index in [4.69, 9.17) is 15.2 Å². The van der Waals surface area contributed by atoms with Gasteiger partial charge in [-0.2, -0.15) is 0 Å². The van der Waals surface area contributed by atoms with Crippen LogP contribution < -0.4 is 10.5 Å². The van der Waals surface area contributed by atoms with Gasteiger partial charge in [0.25, 0.3) is 0 Å².